The first-order valence-corrected chi connectivity index (χ1v) is 8.64. The summed E-state index contributed by atoms with van der Waals surface area (Å²) in [5, 5.41) is 4.07. The molecule has 1 heterocycles. The van der Waals surface area contributed by atoms with Crippen LogP contribution in [0.2, 0.25) is 0 Å². The molecule has 0 aromatic carbocycles. The molecule has 0 aromatic heterocycles. The molecule has 19 heavy (non-hydrogen) atoms. The molecule has 0 aromatic rings. The maximum atomic E-state index is 12.3. The molecule has 2 aliphatic carbocycles. The van der Waals surface area contributed by atoms with E-state index in [-0.39, 0.29) is 23.9 Å². The van der Waals surface area contributed by atoms with Gasteiger partial charge in [-0.2, -0.15) is 11.8 Å². The second-order valence-corrected chi connectivity index (χ2v) is 7.00. The minimum Gasteiger partial charge on any atom is -0.302 e. The summed E-state index contributed by atoms with van der Waals surface area (Å²) in [6.45, 7) is 0. The van der Waals surface area contributed by atoms with Gasteiger partial charge in [0.15, 0.2) is 0 Å². The zero-order valence-electron chi connectivity index (χ0n) is 11.4. The molecule has 0 spiro atoms. The molecule has 5 heteroatoms. The Morgan fingerprint density at radius 3 is 2.58 bits per heavy atom. The summed E-state index contributed by atoms with van der Waals surface area (Å²) < 4.78 is 0. The normalized spacial score (nSPS) is 36.1. The summed E-state index contributed by atoms with van der Waals surface area (Å²) >= 11 is 1.89. The highest BCUT2D eigenvalue weighted by Gasteiger charge is 2.46. The van der Waals surface area contributed by atoms with Gasteiger partial charge in [-0.25, -0.2) is 0 Å². The van der Waals surface area contributed by atoms with Crippen molar-refractivity contribution in [2.75, 3.05) is 6.26 Å². The van der Waals surface area contributed by atoms with Gasteiger partial charge in [0.25, 0.3) is 0 Å². The van der Waals surface area contributed by atoms with Gasteiger partial charge in [-0.1, -0.05) is 12.8 Å². The summed E-state index contributed by atoms with van der Waals surface area (Å²) in [6, 6.07) is 0.352. The van der Waals surface area contributed by atoms with Crippen LogP contribution in [0.5, 0.6) is 0 Å². The number of nitrogens with one attached hydrogen (secondary N) is 1. The molecule has 3 aliphatic rings. The highest BCUT2D eigenvalue weighted by molar-refractivity contribution is 7.99. The second kappa shape index (κ2) is 5.44. The van der Waals surface area contributed by atoms with Crippen LogP contribution in [0.1, 0.15) is 44.9 Å². The Hall–Kier alpha value is -0.550. The first-order chi connectivity index (χ1) is 9.20. The number of rotatable bonds is 4. The molecule has 1 saturated heterocycles. The van der Waals surface area contributed by atoms with Crippen molar-refractivity contribution in [3.8, 4) is 0 Å². The Labute approximate surface area is 118 Å². The molecule has 0 radical (unpaired) electrons. The number of hydrogen-bond acceptors (Lipinski definition) is 4. The maximum absolute atomic E-state index is 12.3. The number of likely N-dealkylation sites (tertiary alicyclic amines) is 1. The fraction of sp³-hybridized carbons (Fsp3) is 0.857. The largest absolute Gasteiger partial charge is 0.302 e. The minimum absolute atomic E-state index is 0.0259. The van der Waals surface area contributed by atoms with Crippen molar-refractivity contribution in [2.24, 2.45) is 0 Å². The van der Waals surface area contributed by atoms with Crippen molar-refractivity contribution in [2.45, 2.75) is 68.3 Å². The number of hydrogen-bond donors (Lipinski definition) is 1. The Morgan fingerprint density at radius 2 is 1.89 bits per heavy atom. The number of nitrogens with zero attached hydrogens (tertiary/aromatic N) is 1. The van der Waals surface area contributed by atoms with Crippen LogP contribution in [0.15, 0.2) is 0 Å². The summed E-state index contributed by atoms with van der Waals surface area (Å²) in [4.78, 5) is 25.8. The topological polar surface area (TPSA) is 49.4 Å². The number of thioether (sulfide) groups is 1. The standard InChI is InChI=1S/C14H22N2O2S/c1-19-12-5-3-2-4-10(12)15-11-8-13(17)16(14(11)18)9-6-7-9/h9-12,15H,2-8H2,1H3. The van der Waals surface area contributed by atoms with Crippen molar-refractivity contribution in [1.82, 2.24) is 10.2 Å². The van der Waals surface area contributed by atoms with Gasteiger partial charge in [0.05, 0.1) is 12.5 Å². The molecule has 0 bridgehead atoms. The van der Waals surface area contributed by atoms with E-state index < -0.39 is 0 Å². The third kappa shape index (κ3) is 2.68. The van der Waals surface area contributed by atoms with E-state index in [1.165, 1.54) is 24.2 Å². The van der Waals surface area contributed by atoms with Crippen LogP contribution in [-0.2, 0) is 9.59 Å². The molecule has 106 valence electrons. The Morgan fingerprint density at radius 1 is 1.16 bits per heavy atom. The van der Waals surface area contributed by atoms with E-state index in [0.717, 1.165) is 19.3 Å². The molecule has 2 saturated carbocycles. The lowest BCUT2D eigenvalue weighted by atomic mass is 9.94. The predicted octanol–water partition coefficient (Wildman–Crippen LogP) is 1.54. The van der Waals surface area contributed by atoms with E-state index in [1.54, 1.807) is 0 Å². The van der Waals surface area contributed by atoms with E-state index in [2.05, 4.69) is 11.6 Å². The summed E-state index contributed by atoms with van der Waals surface area (Å²) in [7, 11) is 0. The number of carbonyl (C=O) groups excluding carboxylic acids is 2. The van der Waals surface area contributed by atoms with Gasteiger partial charge < -0.3 is 5.32 Å². The van der Waals surface area contributed by atoms with Gasteiger partial charge >= 0.3 is 0 Å². The fourth-order valence-electron chi connectivity index (χ4n) is 3.33. The number of carbonyl (C=O) groups is 2. The molecule has 1 N–H and O–H groups in total. The SMILES string of the molecule is CSC1CCCCC1NC1CC(=O)N(C2CC2)C1=O. The van der Waals surface area contributed by atoms with E-state index in [9.17, 15) is 9.59 Å². The van der Waals surface area contributed by atoms with E-state index >= 15 is 0 Å². The average molecular weight is 282 g/mol. The lowest BCUT2D eigenvalue weighted by Gasteiger charge is -2.32. The van der Waals surface area contributed by atoms with Crippen LogP contribution >= 0.6 is 11.8 Å². The van der Waals surface area contributed by atoms with E-state index in [4.69, 9.17) is 0 Å². The molecular formula is C14H22N2O2S. The Balaban J connectivity index is 1.63. The summed E-state index contributed by atoms with van der Waals surface area (Å²) in [6.07, 6.45) is 9.39. The third-order valence-electron chi connectivity index (χ3n) is 4.52. The highest BCUT2D eigenvalue weighted by atomic mass is 32.2. The second-order valence-electron chi connectivity index (χ2n) is 5.92. The van der Waals surface area contributed by atoms with Gasteiger partial charge in [0.2, 0.25) is 11.8 Å². The highest BCUT2D eigenvalue weighted by Crippen LogP contribution is 2.33. The number of imide groups is 1. The van der Waals surface area contributed by atoms with Crippen LogP contribution in [0.25, 0.3) is 0 Å². The van der Waals surface area contributed by atoms with Gasteiger partial charge in [-0.15, -0.1) is 0 Å². The quantitative estimate of drug-likeness (QED) is 0.795. The lowest BCUT2D eigenvalue weighted by molar-refractivity contribution is -0.139. The maximum Gasteiger partial charge on any atom is 0.247 e. The predicted molar refractivity (Wildman–Crippen MR) is 76.0 cm³/mol. The first-order valence-electron chi connectivity index (χ1n) is 7.35. The summed E-state index contributed by atoms with van der Waals surface area (Å²) in [5.74, 6) is 0.0550. The molecule has 3 atom stereocenters. The smallest absolute Gasteiger partial charge is 0.247 e. The van der Waals surface area contributed by atoms with Crippen LogP contribution in [0.3, 0.4) is 0 Å². The van der Waals surface area contributed by atoms with E-state index in [0.29, 0.717) is 17.7 Å². The van der Waals surface area contributed by atoms with Crippen LogP contribution in [-0.4, -0.2) is 46.3 Å². The van der Waals surface area contributed by atoms with Gasteiger partial charge in [0.1, 0.15) is 0 Å². The van der Waals surface area contributed by atoms with Crippen LogP contribution in [0, 0.1) is 0 Å². The van der Waals surface area contributed by atoms with Crippen molar-refractivity contribution < 1.29 is 9.59 Å². The Bertz CT molecular complexity index is 384. The van der Waals surface area contributed by atoms with Crippen LogP contribution < -0.4 is 5.32 Å². The minimum atomic E-state index is -0.258. The average Bonchev–Trinajstić information content (AvgIpc) is 3.19. The van der Waals surface area contributed by atoms with Gasteiger partial charge in [-0.05, 0) is 31.9 Å². The van der Waals surface area contributed by atoms with E-state index in [1.807, 2.05) is 11.8 Å². The third-order valence-corrected chi connectivity index (χ3v) is 5.69. The zero-order chi connectivity index (χ0) is 13.4. The lowest BCUT2D eigenvalue weighted by Crippen LogP contribution is -2.49. The van der Waals surface area contributed by atoms with Gasteiger partial charge in [0, 0.05) is 17.3 Å². The van der Waals surface area contributed by atoms with Crippen molar-refractivity contribution in [3.63, 3.8) is 0 Å². The number of amides is 2. The molecule has 3 unspecified atom stereocenters. The summed E-state index contributed by atoms with van der Waals surface area (Å²) in [5.41, 5.74) is 0. The molecule has 1 aliphatic heterocycles. The fourth-order valence-corrected chi connectivity index (χ4v) is 4.27. The Kier molecular flexibility index (Phi) is 3.85. The van der Waals surface area contributed by atoms with Gasteiger partial charge in [-0.3, -0.25) is 14.5 Å². The molecular weight excluding hydrogens is 260 g/mol. The van der Waals surface area contributed by atoms with Crippen molar-refractivity contribution in [1.29, 1.82) is 0 Å². The van der Waals surface area contributed by atoms with Crippen molar-refractivity contribution in [3.05, 3.63) is 0 Å². The van der Waals surface area contributed by atoms with Crippen LogP contribution in [0.4, 0.5) is 0 Å². The zero-order valence-corrected chi connectivity index (χ0v) is 12.2. The monoisotopic (exact) mass is 282 g/mol. The van der Waals surface area contributed by atoms with Crippen molar-refractivity contribution >= 4 is 23.6 Å². The molecule has 3 rings (SSSR count). The molecule has 2 amide bonds. The molecule has 3 fully saturated rings. The molecule has 4 nitrogen and oxygen atoms in total. The first kappa shape index (κ1) is 13.4.